The Morgan fingerprint density at radius 1 is 1.21 bits per heavy atom. The van der Waals surface area contributed by atoms with E-state index < -0.39 is 10.0 Å². The van der Waals surface area contributed by atoms with Gasteiger partial charge in [-0.2, -0.15) is 5.10 Å². The molecule has 0 bridgehead atoms. The summed E-state index contributed by atoms with van der Waals surface area (Å²) in [6.45, 7) is 0.536. The maximum Gasteiger partial charge on any atom is 0.226 e. The van der Waals surface area contributed by atoms with Gasteiger partial charge in [0, 0.05) is 24.0 Å². The zero-order valence-corrected chi connectivity index (χ0v) is 16.6. The minimum Gasteiger partial charge on any atom is -0.497 e. The molecule has 0 atom stereocenters. The zero-order valence-electron chi connectivity index (χ0n) is 15.8. The van der Waals surface area contributed by atoms with Gasteiger partial charge < -0.3 is 15.0 Å². The Kier molecular flexibility index (Phi) is 5.32. The molecule has 10 nitrogen and oxygen atoms in total. The lowest BCUT2D eigenvalue weighted by molar-refractivity contribution is 0.207. The van der Waals surface area contributed by atoms with E-state index in [0.717, 1.165) is 40.6 Å². The quantitative estimate of drug-likeness (QED) is 0.413. The maximum atomic E-state index is 11.0. The van der Waals surface area contributed by atoms with Gasteiger partial charge in [0.05, 0.1) is 23.7 Å². The van der Waals surface area contributed by atoms with Gasteiger partial charge in [0.15, 0.2) is 5.82 Å². The summed E-state index contributed by atoms with van der Waals surface area (Å²) < 4.78 is 30.1. The fourth-order valence-corrected chi connectivity index (χ4v) is 3.42. The van der Waals surface area contributed by atoms with Gasteiger partial charge in [-0.15, -0.1) is 10.2 Å². The second-order valence-corrected chi connectivity index (χ2v) is 8.49. The molecular weight excluding hydrogens is 394 g/mol. The van der Waals surface area contributed by atoms with Crippen molar-refractivity contribution in [2.45, 2.75) is 12.8 Å². The molecule has 0 spiro atoms. The van der Waals surface area contributed by atoms with Crippen molar-refractivity contribution in [1.29, 1.82) is 0 Å². The molecule has 0 aliphatic heterocycles. The highest BCUT2D eigenvalue weighted by molar-refractivity contribution is 7.88. The molecule has 152 valence electrons. The normalized spacial score (nSPS) is 14.5. The van der Waals surface area contributed by atoms with Crippen LogP contribution in [0.2, 0.25) is 0 Å². The molecule has 0 unspecified atom stereocenters. The minimum atomic E-state index is -3.19. The molecule has 0 radical (unpaired) electrons. The molecular formula is C18H21N7O3S. The third-order valence-corrected chi connectivity index (χ3v) is 5.09. The number of aromatic amines is 2. The van der Waals surface area contributed by atoms with E-state index in [0.29, 0.717) is 24.8 Å². The molecule has 3 aromatic rings. The van der Waals surface area contributed by atoms with E-state index in [4.69, 9.17) is 4.74 Å². The number of ether oxygens (including phenoxy) is 1. The van der Waals surface area contributed by atoms with Gasteiger partial charge in [0.2, 0.25) is 16.0 Å². The van der Waals surface area contributed by atoms with E-state index in [-0.39, 0.29) is 6.54 Å². The van der Waals surface area contributed by atoms with Crippen molar-refractivity contribution in [3.63, 3.8) is 0 Å². The molecule has 29 heavy (non-hydrogen) atoms. The predicted octanol–water partition coefficient (Wildman–Crippen LogP) is 2.05. The number of benzene rings is 1. The van der Waals surface area contributed by atoms with Crippen molar-refractivity contribution in [1.82, 2.24) is 30.1 Å². The van der Waals surface area contributed by atoms with E-state index in [9.17, 15) is 8.42 Å². The smallest absolute Gasteiger partial charge is 0.226 e. The highest BCUT2D eigenvalue weighted by Gasteiger charge is 2.13. The molecule has 4 rings (SSSR count). The summed E-state index contributed by atoms with van der Waals surface area (Å²) >= 11 is 0. The second kappa shape index (κ2) is 8.05. The van der Waals surface area contributed by atoms with Crippen LogP contribution in [0.3, 0.4) is 0 Å². The standard InChI is InChI=1S/C18H21N7O3S/c1-29(26,27)20-8-9-28-15-5-2-12(3-6-15)17-22-18(25-24-17)21-14-4-7-16-13(10-14)11-19-23-16/h2,4-5,7,10-11,20H,3,6,8-9H2,1H3,(H,19,23)(H2,21,22,24,25). The first-order chi connectivity index (χ1) is 14.0. The topological polar surface area (TPSA) is 138 Å². The van der Waals surface area contributed by atoms with Crippen LogP contribution in [0.25, 0.3) is 16.5 Å². The lowest BCUT2D eigenvalue weighted by Gasteiger charge is -2.14. The number of nitrogens with one attached hydrogen (secondary N) is 4. The zero-order chi connectivity index (χ0) is 20.3. The number of rotatable bonds is 8. The van der Waals surface area contributed by atoms with Crippen LogP contribution >= 0.6 is 0 Å². The SMILES string of the molecule is CS(=O)(=O)NCCOC1=CC=C(c2nnc(Nc3ccc4[nH]ncc4c3)[nH]2)CC1. The van der Waals surface area contributed by atoms with Crippen LogP contribution in [0.5, 0.6) is 0 Å². The Morgan fingerprint density at radius 2 is 2.10 bits per heavy atom. The van der Waals surface area contributed by atoms with E-state index in [2.05, 4.69) is 35.4 Å². The molecule has 1 aromatic carbocycles. The van der Waals surface area contributed by atoms with E-state index in [1.165, 1.54) is 0 Å². The summed E-state index contributed by atoms with van der Waals surface area (Å²) in [5, 5.41) is 19.5. The first kappa shape index (κ1) is 19.2. The lowest BCUT2D eigenvalue weighted by Crippen LogP contribution is -2.26. The number of hydrogen-bond donors (Lipinski definition) is 4. The Bertz CT molecular complexity index is 1180. The molecule has 0 amide bonds. The summed E-state index contributed by atoms with van der Waals surface area (Å²) in [5.41, 5.74) is 2.88. The van der Waals surface area contributed by atoms with Crippen LogP contribution in [-0.2, 0) is 14.8 Å². The molecule has 11 heteroatoms. The molecule has 0 saturated carbocycles. The predicted molar refractivity (Wildman–Crippen MR) is 110 cm³/mol. The monoisotopic (exact) mass is 415 g/mol. The van der Waals surface area contributed by atoms with Gasteiger partial charge in [0.1, 0.15) is 6.61 Å². The average molecular weight is 415 g/mol. The Labute approximate surface area is 167 Å². The molecule has 4 N–H and O–H groups in total. The molecule has 0 saturated heterocycles. The summed E-state index contributed by atoms with van der Waals surface area (Å²) in [4.78, 5) is 3.19. The summed E-state index contributed by atoms with van der Waals surface area (Å²) in [5.74, 6) is 2.07. The largest absolute Gasteiger partial charge is 0.497 e. The Balaban J connectivity index is 1.35. The van der Waals surface area contributed by atoms with Gasteiger partial charge in [0.25, 0.3) is 0 Å². The van der Waals surface area contributed by atoms with E-state index >= 15 is 0 Å². The number of fused-ring (bicyclic) bond motifs is 1. The van der Waals surface area contributed by atoms with Gasteiger partial charge in [-0.25, -0.2) is 13.1 Å². The Hall–Kier alpha value is -3.18. The molecule has 2 heterocycles. The molecule has 1 aliphatic rings. The maximum absolute atomic E-state index is 11.0. The molecule has 0 fully saturated rings. The second-order valence-electron chi connectivity index (χ2n) is 6.66. The highest BCUT2D eigenvalue weighted by Crippen LogP contribution is 2.26. The minimum absolute atomic E-state index is 0.245. The van der Waals surface area contributed by atoms with Crippen molar-refractivity contribution >= 4 is 38.1 Å². The third kappa shape index (κ3) is 5.00. The van der Waals surface area contributed by atoms with Gasteiger partial charge in [-0.3, -0.25) is 5.10 Å². The van der Waals surface area contributed by atoms with Gasteiger partial charge in [-0.1, -0.05) is 6.08 Å². The van der Waals surface area contributed by atoms with E-state index in [1.807, 2.05) is 30.4 Å². The fraction of sp³-hybridized carbons (Fsp3) is 0.278. The number of aromatic nitrogens is 5. The summed E-state index contributed by atoms with van der Waals surface area (Å²) in [6, 6.07) is 5.86. The first-order valence-corrected chi connectivity index (χ1v) is 11.0. The number of sulfonamides is 1. The van der Waals surface area contributed by atoms with Crippen LogP contribution < -0.4 is 10.0 Å². The fourth-order valence-electron chi connectivity index (χ4n) is 2.96. The number of H-pyrrole nitrogens is 2. The lowest BCUT2D eigenvalue weighted by atomic mass is 10.0. The van der Waals surface area contributed by atoms with Gasteiger partial charge in [-0.05, 0) is 36.3 Å². The van der Waals surface area contributed by atoms with Crippen LogP contribution in [0, 0.1) is 0 Å². The first-order valence-electron chi connectivity index (χ1n) is 9.07. The van der Waals surface area contributed by atoms with Crippen LogP contribution in [0.15, 0.2) is 42.3 Å². The molecule has 2 aromatic heterocycles. The third-order valence-electron chi connectivity index (χ3n) is 4.36. The number of anilines is 2. The van der Waals surface area contributed by atoms with Crippen molar-refractivity contribution < 1.29 is 13.2 Å². The van der Waals surface area contributed by atoms with Crippen molar-refractivity contribution in [2.75, 3.05) is 24.7 Å². The number of nitrogens with zero attached hydrogens (tertiary/aromatic N) is 3. The van der Waals surface area contributed by atoms with E-state index in [1.54, 1.807) is 6.20 Å². The van der Waals surface area contributed by atoms with Crippen molar-refractivity contribution in [3.8, 4) is 0 Å². The van der Waals surface area contributed by atoms with Crippen LogP contribution in [0.1, 0.15) is 18.7 Å². The van der Waals surface area contributed by atoms with Crippen LogP contribution in [0.4, 0.5) is 11.6 Å². The number of allylic oxidation sites excluding steroid dienone is 4. The summed E-state index contributed by atoms with van der Waals surface area (Å²) in [7, 11) is -3.19. The summed E-state index contributed by atoms with van der Waals surface area (Å²) in [6.07, 6.45) is 8.17. The van der Waals surface area contributed by atoms with Gasteiger partial charge >= 0.3 is 0 Å². The Morgan fingerprint density at radius 3 is 2.90 bits per heavy atom. The van der Waals surface area contributed by atoms with Crippen molar-refractivity contribution in [2.24, 2.45) is 0 Å². The number of hydrogen-bond acceptors (Lipinski definition) is 7. The molecule has 1 aliphatic carbocycles. The van der Waals surface area contributed by atoms with Crippen molar-refractivity contribution in [3.05, 3.63) is 48.1 Å². The van der Waals surface area contributed by atoms with Crippen LogP contribution in [-0.4, -0.2) is 53.2 Å². The average Bonchev–Trinajstić information content (AvgIpc) is 3.34. The highest BCUT2D eigenvalue weighted by atomic mass is 32.2.